The van der Waals surface area contributed by atoms with Crippen molar-refractivity contribution in [2.75, 3.05) is 0 Å². The average molecular weight is 582 g/mol. The summed E-state index contributed by atoms with van der Waals surface area (Å²) in [6.45, 7) is 0. The van der Waals surface area contributed by atoms with Gasteiger partial charge in [-0.1, -0.05) is 0 Å². The van der Waals surface area contributed by atoms with Crippen LogP contribution in [0.1, 0.15) is 0 Å². The second-order valence-corrected chi connectivity index (χ2v) is 0. The van der Waals surface area contributed by atoms with Gasteiger partial charge in [-0.2, -0.15) is 0 Å². The number of hydrogen-bond acceptors (Lipinski definition) is 0. The van der Waals surface area contributed by atoms with Crippen LogP contribution in [0.15, 0.2) is 0 Å². The van der Waals surface area contributed by atoms with Crippen LogP contribution in [0.2, 0.25) is 0 Å². The monoisotopic (exact) mass is 586 g/mol. The standard InChI is InChI=1S/2Ca.2Mo.13O.2V/q2*+2;2*+6;13*-2;2*+5. The minimum Gasteiger partial charge on any atom is -2.00 e. The Morgan fingerprint density at radius 2 is 0.211 bits per heavy atom. The molecule has 0 aromatic heterocycles. The van der Waals surface area contributed by atoms with E-state index in [1.54, 1.807) is 0 Å². The molecular formula is Ca2Mo2O13V2. The molecule has 0 aliphatic rings. The van der Waals surface area contributed by atoms with Crippen LogP contribution in [0.4, 0.5) is 0 Å². The quantitative estimate of drug-likeness (QED) is 0.272. The maximum atomic E-state index is 0. The molecule has 0 radical (unpaired) electrons. The van der Waals surface area contributed by atoms with Crippen molar-refractivity contribution in [3.05, 3.63) is 0 Å². The van der Waals surface area contributed by atoms with Gasteiger partial charge in [-0.05, 0) is 0 Å². The summed E-state index contributed by atoms with van der Waals surface area (Å²) in [6, 6.07) is 0. The van der Waals surface area contributed by atoms with Gasteiger partial charge in [-0.3, -0.25) is 0 Å². The molecule has 0 N–H and O–H groups in total. The summed E-state index contributed by atoms with van der Waals surface area (Å²) >= 11 is 0. The van der Waals surface area contributed by atoms with E-state index in [1.165, 1.54) is 0 Å². The summed E-state index contributed by atoms with van der Waals surface area (Å²) in [5, 5.41) is 0. The van der Waals surface area contributed by atoms with E-state index in [0.29, 0.717) is 0 Å². The fourth-order valence-corrected chi connectivity index (χ4v) is 0. The molecule has 13 nitrogen and oxygen atoms in total. The summed E-state index contributed by atoms with van der Waals surface area (Å²) in [4.78, 5) is 0. The smallest absolute Gasteiger partial charge is 2.00 e. The van der Waals surface area contributed by atoms with Gasteiger partial charge in [0.1, 0.15) is 0 Å². The first-order valence-electron chi connectivity index (χ1n) is 0. The predicted molar refractivity (Wildman–Crippen MR) is 20.4 cm³/mol. The van der Waals surface area contributed by atoms with E-state index in [1.807, 2.05) is 0 Å². The van der Waals surface area contributed by atoms with E-state index in [0.717, 1.165) is 0 Å². The second-order valence-electron chi connectivity index (χ2n) is 0. The Hall–Kier alpha value is 4.54. The van der Waals surface area contributed by atoms with Gasteiger partial charge in [0.05, 0.1) is 0 Å². The van der Waals surface area contributed by atoms with Crippen LogP contribution in [-0.4, -0.2) is 75.5 Å². The van der Waals surface area contributed by atoms with Gasteiger partial charge in [0.15, 0.2) is 0 Å². The molecule has 0 bridgehead atoms. The van der Waals surface area contributed by atoms with E-state index in [9.17, 15) is 0 Å². The summed E-state index contributed by atoms with van der Waals surface area (Å²) in [5.74, 6) is 0. The van der Waals surface area contributed by atoms with Crippen molar-refractivity contribution in [2.45, 2.75) is 0 Å². The van der Waals surface area contributed by atoms with Crippen LogP contribution >= 0.6 is 0 Å². The normalized spacial score (nSPS) is 0. The molecule has 0 fully saturated rings. The molecule has 0 saturated carbocycles. The number of rotatable bonds is 0. The Balaban J connectivity index is 0. The first kappa shape index (κ1) is 579. The van der Waals surface area contributed by atoms with Crippen molar-refractivity contribution < 1.29 is 150 Å². The fraction of sp³-hybridized carbons (Fsp3) is 0. The first-order valence-corrected chi connectivity index (χ1v) is 0. The average Bonchev–Trinajstić information content (AvgIpc) is 0. The van der Waals surface area contributed by atoms with Crippen molar-refractivity contribution in [1.29, 1.82) is 0 Å². The Bertz CT molecular complexity index is 26.6. The van der Waals surface area contributed by atoms with Gasteiger partial charge in [0, 0.05) is 0 Å². The van der Waals surface area contributed by atoms with Crippen molar-refractivity contribution in [3.8, 4) is 0 Å². The maximum absolute atomic E-state index is 0. The molecule has 0 heterocycles. The molecule has 0 aromatic carbocycles. The molecule has 0 spiro atoms. The van der Waals surface area contributed by atoms with Crippen LogP contribution in [0.3, 0.4) is 0 Å². The molecule has 0 atom stereocenters. The van der Waals surface area contributed by atoms with Gasteiger partial charge in [0.2, 0.25) is 0 Å². The molecule has 19 heavy (non-hydrogen) atoms. The molecule has 0 aromatic rings. The van der Waals surface area contributed by atoms with E-state index < -0.39 is 0 Å². The molecule has 0 aliphatic heterocycles. The molecule has 0 rings (SSSR count). The second kappa shape index (κ2) is 507. The zero-order valence-electron chi connectivity index (χ0n) is 8.43. The van der Waals surface area contributed by atoms with Gasteiger partial charge >= 0.3 is 155 Å². The maximum Gasteiger partial charge on any atom is 6.00 e. The third-order valence-electron chi connectivity index (χ3n) is 0. The Morgan fingerprint density at radius 1 is 0.211 bits per heavy atom. The van der Waals surface area contributed by atoms with E-state index in [-0.39, 0.29) is 226 Å². The largest absolute Gasteiger partial charge is 6.00 e. The summed E-state index contributed by atoms with van der Waals surface area (Å²) < 4.78 is 0. The van der Waals surface area contributed by atoms with Crippen molar-refractivity contribution in [1.82, 2.24) is 0 Å². The Kier molecular flexibility index (Phi) is 15400. The SMILES string of the molecule is [Ca+2].[Ca+2].[Mo+6].[Mo+6].[O-2].[O-2].[O-2].[O-2].[O-2].[O-2].[O-2].[O-2].[O-2].[O-2].[O-2].[O-2].[O-2].[V+5].[V+5]. The third kappa shape index (κ3) is 461. The Labute approximate surface area is 222 Å². The third-order valence-corrected chi connectivity index (χ3v) is 0. The summed E-state index contributed by atoms with van der Waals surface area (Å²) in [7, 11) is 0. The van der Waals surface area contributed by atoms with Crippen molar-refractivity contribution >= 4 is 75.5 Å². The molecule has 0 unspecified atom stereocenters. The molecule has 0 amide bonds. The first-order chi connectivity index (χ1) is 0. The minimum atomic E-state index is 0. The molecule has 0 aliphatic carbocycles. The van der Waals surface area contributed by atoms with Crippen LogP contribution in [0.5, 0.6) is 0 Å². The Morgan fingerprint density at radius 3 is 0.211 bits per heavy atom. The predicted octanol–water partition coefficient (Wildman–Crippen LogP) is -2.32. The van der Waals surface area contributed by atoms with Crippen LogP contribution in [0.25, 0.3) is 0 Å². The fourth-order valence-electron chi connectivity index (χ4n) is 0. The van der Waals surface area contributed by atoms with Crippen molar-refractivity contribution in [3.63, 3.8) is 0 Å². The van der Waals surface area contributed by atoms with E-state index in [4.69, 9.17) is 0 Å². The molecule has 19 heteroatoms. The van der Waals surface area contributed by atoms with Crippen LogP contribution < -0.4 is 0 Å². The van der Waals surface area contributed by atoms with Crippen LogP contribution in [-0.2, 0) is 150 Å². The summed E-state index contributed by atoms with van der Waals surface area (Å²) in [5.41, 5.74) is 0. The van der Waals surface area contributed by atoms with Crippen molar-refractivity contribution in [2.24, 2.45) is 0 Å². The van der Waals surface area contributed by atoms with Gasteiger partial charge in [0.25, 0.3) is 0 Å². The zero-order chi connectivity index (χ0) is 0. The van der Waals surface area contributed by atoms with E-state index in [2.05, 4.69) is 0 Å². The minimum absolute atomic E-state index is 0. The molecule has 104 valence electrons. The molecular weight excluding hydrogens is 582 g/mol. The van der Waals surface area contributed by atoms with Crippen LogP contribution in [0, 0.1) is 0 Å². The van der Waals surface area contributed by atoms with Gasteiger partial charge in [-0.25, -0.2) is 0 Å². The summed E-state index contributed by atoms with van der Waals surface area (Å²) in [6.07, 6.45) is 0. The molecule has 0 saturated heterocycles. The topological polar surface area (TPSA) is 370 Å². The van der Waals surface area contributed by atoms with Gasteiger partial charge < -0.3 is 71.2 Å². The van der Waals surface area contributed by atoms with Gasteiger partial charge in [-0.15, -0.1) is 0 Å². The van der Waals surface area contributed by atoms with E-state index >= 15 is 0 Å². The zero-order valence-corrected chi connectivity index (χ0v) is 19.7. The number of hydrogen-bond donors (Lipinski definition) is 0.